The van der Waals surface area contributed by atoms with Crippen molar-refractivity contribution >= 4 is 17.9 Å². The minimum atomic E-state index is -0.269. The highest BCUT2D eigenvalue weighted by Crippen LogP contribution is 2.22. The van der Waals surface area contributed by atoms with Gasteiger partial charge in [-0.2, -0.15) is 5.26 Å². The Hall–Kier alpha value is -2.59. The zero-order valence-electron chi connectivity index (χ0n) is 16.9. The van der Waals surface area contributed by atoms with Crippen molar-refractivity contribution in [3.8, 4) is 6.07 Å². The molecule has 0 bridgehead atoms. The van der Waals surface area contributed by atoms with Crippen LogP contribution in [0.2, 0.25) is 0 Å². The number of piperazine rings is 1. The van der Waals surface area contributed by atoms with Crippen LogP contribution < -0.4 is 0 Å². The van der Waals surface area contributed by atoms with E-state index in [-0.39, 0.29) is 23.5 Å². The van der Waals surface area contributed by atoms with E-state index in [0.717, 1.165) is 42.9 Å². The highest BCUT2D eigenvalue weighted by molar-refractivity contribution is 6.02. The SMILES string of the molecule is CC(=O)N1CCN(C(=O)/C(C#N)=C/c2cc(C)n(CC3CCCO3)c2C)CC1. The maximum Gasteiger partial charge on any atom is 0.264 e. The van der Waals surface area contributed by atoms with Gasteiger partial charge in [0.05, 0.1) is 6.10 Å². The third kappa shape index (κ3) is 4.28. The van der Waals surface area contributed by atoms with Crippen LogP contribution in [0, 0.1) is 25.2 Å². The Morgan fingerprint density at radius 2 is 1.93 bits per heavy atom. The molecule has 7 heteroatoms. The van der Waals surface area contributed by atoms with Crippen LogP contribution >= 0.6 is 0 Å². The first-order chi connectivity index (χ1) is 13.4. The Morgan fingerprint density at radius 1 is 1.25 bits per heavy atom. The van der Waals surface area contributed by atoms with Crippen molar-refractivity contribution in [1.82, 2.24) is 14.4 Å². The van der Waals surface area contributed by atoms with Crippen molar-refractivity contribution in [2.24, 2.45) is 0 Å². The molecular formula is C21H28N4O3. The topological polar surface area (TPSA) is 78.6 Å². The summed E-state index contributed by atoms with van der Waals surface area (Å²) in [4.78, 5) is 27.6. The van der Waals surface area contributed by atoms with Crippen LogP contribution in [0.5, 0.6) is 0 Å². The lowest BCUT2D eigenvalue weighted by atomic mass is 10.1. The number of hydrogen-bond acceptors (Lipinski definition) is 4. The van der Waals surface area contributed by atoms with Gasteiger partial charge >= 0.3 is 0 Å². The Bertz CT molecular complexity index is 819. The van der Waals surface area contributed by atoms with Crippen molar-refractivity contribution in [2.75, 3.05) is 32.8 Å². The van der Waals surface area contributed by atoms with Crippen molar-refractivity contribution in [2.45, 2.75) is 46.3 Å². The number of hydrogen-bond donors (Lipinski definition) is 0. The summed E-state index contributed by atoms with van der Waals surface area (Å²) >= 11 is 0. The Balaban J connectivity index is 1.74. The normalized spacial score (nSPS) is 20.4. The first-order valence-corrected chi connectivity index (χ1v) is 9.85. The Morgan fingerprint density at radius 3 is 2.50 bits per heavy atom. The van der Waals surface area contributed by atoms with E-state index in [2.05, 4.69) is 10.6 Å². The molecule has 0 radical (unpaired) electrons. The largest absolute Gasteiger partial charge is 0.376 e. The molecular weight excluding hydrogens is 356 g/mol. The van der Waals surface area contributed by atoms with Crippen molar-refractivity contribution in [3.63, 3.8) is 0 Å². The highest BCUT2D eigenvalue weighted by atomic mass is 16.5. The summed E-state index contributed by atoms with van der Waals surface area (Å²) < 4.78 is 7.95. The number of rotatable bonds is 4. The third-order valence-corrected chi connectivity index (χ3v) is 5.69. The van der Waals surface area contributed by atoms with E-state index in [9.17, 15) is 14.9 Å². The summed E-state index contributed by atoms with van der Waals surface area (Å²) in [5.74, 6) is -0.253. The maximum atomic E-state index is 12.8. The van der Waals surface area contributed by atoms with Gasteiger partial charge in [0, 0.05) is 57.6 Å². The zero-order chi connectivity index (χ0) is 20.3. The Labute approximate surface area is 166 Å². The van der Waals surface area contributed by atoms with Gasteiger partial charge in [0.15, 0.2) is 0 Å². The molecule has 2 saturated heterocycles. The summed E-state index contributed by atoms with van der Waals surface area (Å²) in [6, 6.07) is 4.08. The number of carbonyl (C=O) groups excluding carboxylic acids is 2. The fourth-order valence-corrected chi connectivity index (χ4v) is 3.94. The standard InChI is InChI=1S/C21H28N4O3/c1-15-11-18(16(2)25(15)14-20-5-4-10-28-20)12-19(13-22)21(27)24-8-6-23(7-9-24)17(3)26/h11-12,20H,4-10,14H2,1-3H3/b19-12+. The van der Waals surface area contributed by atoms with Gasteiger partial charge in [-0.3, -0.25) is 9.59 Å². The molecule has 0 aliphatic carbocycles. The van der Waals surface area contributed by atoms with Crippen LogP contribution in [0.1, 0.15) is 36.7 Å². The second kappa shape index (κ2) is 8.61. The first-order valence-electron chi connectivity index (χ1n) is 9.85. The quantitative estimate of drug-likeness (QED) is 0.587. The molecule has 2 amide bonds. The minimum Gasteiger partial charge on any atom is -0.376 e. The summed E-state index contributed by atoms with van der Waals surface area (Å²) in [7, 11) is 0. The molecule has 1 aromatic rings. The molecule has 1 unspecified atom stereocenters. The van der Waals surface area contributed by atoms with Gasteiger partial charge < -0.3 is 19.1 Å². The van der Waals surface area contributed by atoms with Gasteiger partial charge in [-0.15, -0.1) is 0 Å². The van der Waals surface area contributed by atoms with Crippen molar-refractivity contribution in [3.05, 3.63) is 28.6 Å². The predicted molar refractivity (Wildman–Crippen MR) is 105 cm³/mol. The number of nitrogens with zero attached hydrogens (tertiary/aromatic N) is 4. The van der Waals surface area contributed by atoms with Gasteiger partial charge in [0.1, 0.15) is 11.6 Å². The van der Waals surface area contributed by atoms with Crippen molar-refractivity contribution in [1.29, 1.82) is 5.26 Å². The fraction of sp³-hybridized carbons (Fsp3) is 0.571. The van der Waals surface area contributed by atoms with E-state index in [1.165, 1.54) is 6.92 Å². The number of aryl methyl sites for hydroxylation is 1. The number of aromatic nitrogens is 1. The number of carbonyl (C=O) groups is 2. The highest BCUT2D eigenvalue weighted by Gasteiger charge is 2.25. The van der Waals surface area contributed by atoms with Crippen LogP contribution in [-0.4, -0.2) is 65.1 Å². The molecule has 0 spiro atoms. The average molecular weight is 384 g/mol. The predicted octanol–water partition coefficient (Wildman–Crippen LogP) is 1.88. The molecule has 2 aliphatic rings. The van der Waals surface area contributed by atoms with E-state index in [0.29, 0.717) is 26.2 Å². The van der Waals surface area contributed by atoms with Crippen LogP contribution in [-0.2, 0) is 20.9 Å². The molecule has 2 fully saturated rings. The van der Waals surface area contributed by atoms with E-state index < -0.39 is 0 Å². The number of amides is 2. The first kappa shape index (κ1) is 20.2. The number of ether oxygens (including phenoxy) is 1. The lowest BCUT2D eigenvalue weighted by molar-refractivity contribution is -0.135. The van der Waals surface area contributed by atoms with E-state index in [4.69, 9.17) is 4.74 Å². The molecule has 150 valence electrons. The second-order valence-electron chi connectivity index (χ2n) is 7.54. The summed E-state index contributed by atoms with van der Waals surface area (Å²) in [6.07, 6.45) is 4.09. The van der Waals surface area contributed by atoms with Crippen LogP contribution in [0.15, 0.2) is 11.6 Å². The van der Waals surface area contributed by atoms with Crippen LogP contribution in [0.4, 0.5) is 0 Å². The lowest BCUT2D eigenvalue weighted by Gasteiger charge is -2.34. The minimum absolute atomic E-state index is 0.0156. The van der Waals surface area contributed by atoms with Gasteiger partial charge in [0.25, 0.3) is 5.91 Å². The molecule has 0 N–H and O–H groups in total. The molecule has 7 nitrogen and oxygen atoms in total. The van der Waals surface area contributed by atoms with E-state index in [1.807, 2.05) is 19.9 Å². The zero-order valence-corrected chi connectivity index (χ0v) is 16.9. The summed E-state index contributed by atoms with van der Waals surface area (Å²) in [5.41, 5.74) is 3.16. The lowest BCUT2D eigenvalue weighted by Crippen LogP contribution is -2.50. The summed E-state index contributed by atoms with van der Waals surface area (Å²) in [6.45, 7) is 9.13. The van der Waals surface area contributed by atoms with Crippen LogP contribution in [0.25, 0.3) is 6.08 Å². The Kier molecular flexibility index (Phi) is 6.20. The van der Waals surface area contributed by atoms with Gasteiger partial charge in [0.2, 0.25) is 5.91 Å². The van der Waals surface area contributed by atoms with Gasteiger partial charge in [-0.25, -0.2) is 0 Å². The molecule has 2 aliphatic heterocycles. The monoisotopic (exact) mass is 384 g/mol. The molecule has 0 aromatic carbocycles. The molecule has 3 rings (SSSR count). The molecule has 28 heavy (non-hydrogen) atoms. The number of nitriles is 1. The van der Waals surface area contributed by atoms with E-state index in [1.54, 1.807) is 15.9 Å². The fourth-order valence-electron chi connectivity index (χ4n) is 3.94. The summed E-state index contributed by atoms with van der Waals surface area (Å²) in [5, 5.41) is 9.57. The van der Waals surface area contributed by atoms with Gasteiger partial charge in [-0.05, 0) is 44.4 Å². The second-order valence-corrected chi connectivity index (χ2v) is 7.54. The average Bonchev–Trinajstić information content (AvgIpc) is 3.29. The molecule has 1 atom stereocenters. The third-order valence-electron chi connectivity index (χ3n) is 5.69. The van der Waals surface area contributed by atoms with Gasteiger partial charge in [-0.1, -0.05) is 0 Å². The van der Waals surface area contributed by atoms with E-state index >= 15 is 0 Å². The molecule has 0 saturated carbocycles. The molecule has 3 heterocycles. The molecule has 1 aromatic heterocycles. The van der Waals surface area contributed by atoms with Crippen LogP contribution in [0.3, 0.4) is 0 Å². The maximum absolute atomic E-state index is 12.8. The smallest absolute Gasteiger partial charge is 0.264 e. The van der Waals surface area contributed by atoms with Crippen molar-refractivity contribution < 1.29 is 14.3 Å².